The maximum Gasteiger partial charge on any atom is 0.534 e. The van der Waals surface area contributed by atoms with Crippen molar-refractivity contribution in [2.75, 3.05) is 6.61 Å². The molecule has 0 atom stereocenters. The fraction of sp³-hybridized carbons (Fsp3) is 0.294. The van der Waals surface area contributed by atoms with E-state index >= 15 is 0 Å². The lowest BCUT2D eigenvalue weighted by Gasteiger charge is -2.18. The number of ketones is 1. The first-order valence-electron chi connectivity index (χ1n) is 7.66. The van der Waals surface area contributed by atoms with Gasteiger partial charge in [-0.25, -0.2) is 4.79 Å². The topological polar surface area (TPSA) is 86.7 Å². The third kappa shape index (κ3) is 3.75. The summed E-state index contributed by atoms with van der Waals surface area (Å²) in [6, 6.07) is 5.85. The standard InChI is InChI=1S/C17H15F3O6S/c1-4-25-16(22)14(21)13-10(3)9(2)11-7-5-6-8-12(11)15(13)26-27(23,24)17(18,19)20/h5-8H,4H2,1-3H3. The average molecular weight is 404 g/mol. The summed E-state index contributed by atoms with van der Waals surface area (Å²) in [5.41, 5.74) is -5.71. The van der Waals surface area contributed by atoms with Gasteiger partial charge in [-0.2, -0.15) is 21.6 Å². The smallest absolute Gasteiger partial charge is 0.460 e. The van der Waals surface area contributed by atoms with Crippen molar-refractivity contribution in [1.29, 1.82) is 0 Å². The van der Waals surface area contributed by atoms with Crippen LogP contribution in [0.3, 0.4) is 0 Å². The number of ether oxygens (including phenoxy) is 1. The van der Waals surface area contributed by atoms with E-state index in [2.05, 4.69) is 8.92 Å². The summed E-state index contributed by atoms with van der Waals surface area (Å²) in [5, 5.41) is 0.323. The first-order valence-corrected chi connectivity index (χ1v) is 9.07. The second-order valence-electron chi connectivity index (χ2n) is 5.53. The Balaban J connectivity index is 2.86. The van der Waals surface area contributed by atoms with Crippen LogP contribution in [0.4, 0.5) is 13.2 Å². The number of Topliss-reactive ketones (excluding diaryl/α,β-unsaturated/α-hetero) is 1. The molecular weight excluding hydrogens is 389 g/mol. The van der Waals surface area contributed by atoms with Crippen LogP contribution >= 0.6 is 0 Å². The average Bonchev–Trinajstić information content (AvgIpc) is 2.58. The van der Waals surface area contributed by atoms with Gasteiger partial charge in [0.15, 0.2) is 5.75 Å². The Kier molecular flexibility index (Phi) is 5.50. The van der Waals surface area contributed by atoms with E-state index < -0.39 is 38.7 Å². The van der Waals surface area contributed by atoms with Crippen molar-refractivity contribution in [2.24, 2.45) is 0 Å². The lowest BCUT2D eigenvalue weighted by Crippen LogP contribution is -2.29. The minimum Gasteiger partial charge on any atom is -0.460 e. The van der Waals surface area contributed by atoms with Crippen molar-refractivity contribution >= 4 is 32.6 Å². The van der Waals surface area contributed by atoms with E-state index in [0.29, 0.717) is 10.9 Å². The number of rotatable bonds is 5. The minimum absolute atomic E-state index is 0.0546. The lowest BCUT2D eigenvalue weighted by molar-refractivity contribution is -0.137. The van der Waals surface area contributed by atoms with Gasteiger partial charge in [-0.05, 0) is 37.3 Å². The van der Waals surface area contributed by atoms with Crippen LogP contribution in [0.25, 0.3) is 10.8 Å². The molecule has 0 amide bonds. The second kappa shape index (κ2) is 7.18. The Labute approximate surface area is 153 Å². The van der Waals surface area contributed by atoms with Crippen molar-refractivity contribution in [3.8, 4) is 5.75 Å². The highest BCUT2D eigenvalue weighted by Crippen LogP contribution is 2.39. The summed E-state index contributed by atoms with van der Waals surface area (Å²) < 4.78 is 70.5. The highest BCUT2D eigenvalue weighted by Gasteiger charge is 2.49. The Morgan fingerprint density at radius 1 is 1.04 bits per heavy atom. The summed E-state index contributed by atoms with van der Waals surface area (Å²) in [6.07, 6.45) is 0. The fourth-order valence-electron chi connectivity index (χ4n) is 2.52. The van der Waals surface area contributed by atoms with Crippen molar-refractivity contribution in [3.63, 3.8) is 0 Å². The SMILES string of the molecule is CCOC(=O)C(=O)c1c(C)c(C)c2ccccc2c1OS(=O)(=O)C(F)(F)F. The van der Waals surface area contributed by atoms with Crippen LogP contribution in [0.2, 0.25) is 0 Å². The molecule has 0 fully saturated rings. The molecular formula is C17H15F3O6S. The molecule has 0 aliphatic rings. The molecule has 6 nitrogen and oxygen atoms in total. The molecule has 0 saturated heterocycles. The zero-order chi connectivity index (χ0) is 20.6. The molecule has 2 aromatic carbocycles. The van der Waals surface area contributed by atoms with Gasteiger partial charge < -0.3 is 8.92 Å². The molecule has 0 heterocycles. The first kappa shape index (κ1) is 20.7. The molecule has 0 saturated carbocycles. The molecule has 0 aliphatic heterocycles. The molecule has 0 N–H and O–H groups in total. The molecule has 10 heteroatoms. The molecule has 0 unspecified atom stereocenters. The maximum absolute atomic E-state index is 12.8. The Morgan fingerprint density at radius 3 is 2.11 bits per heavy atom. The number of alkyl halides is 3. The zero-order valence-corrected chi connectivity index (χ0v) is 15.3. The van der Waals surface area contributed by atoms with Gasteiger partial charge in [0.2, 0.25) is 0 Å². The summed E-state index contributed by atoms with van der Waals surface area (Å²) in [7, 11) is -6.07. The molecule has 146 valence electrons. The number of hydrogen-bond acceptors (Lipinski definition) is 6. The maximum atomic E-state index is 12.8. The molecule has 0 bridgehead atoms. The molecule has 2 rings (SSSR count). The van der Waals surface area contributed by atoms with Crippen LogP contribution in [0.15, 0.2) is 24.3 Å². The molecule has 0 spiro atoms. The fourth-order valence-corrected chi connectivity index (χ4v) is 3.01. The van der Waals surface area contributed by atoms with Gasteiger partial charge in [-0.15, -0.1) is 0 Å². The number of carbonyl (C=O) groups excluding carboxylic acids is 2. The quantitative estimate of drug-likeness (QED) is 0.250. The van der Waals surface area contributed by atoms with Crippen molar-refractivity contribution in [3.05, 3.63) is 41.0 Å². The van der Waals surface area contributed by atoms with E-state index in [1.54, 1.807) is 13.0 Å². The first-order chi connectivity index (χ1) is 12.4. The van der Waals surface area contributed by atoms with E-state index in [-0.39, 0.29) is 17.6 Å². The third-order valence-electron chi connectivity index (χ3n) is 3.90. The van der Waals surface area contributed by atoms with Gasteiger partial charge in [0.05, 0.1) is 12.2 Å². The van der Waals surface area contributed by atoms with Gasteiger partial charge in [0.25, 0.3) is 5.78 Å². The second-order valence-corrected chi connectivity index (χ2v) is 7.07. The highest BCUT2D eigenvalue weighted by atomic mass is 32.2. The van der Waals surface area contributed by atoms with Crippen molar-refractivity contribution in [1.82, 2.24) is 0 Å². The molecule has 27 heavy (non-hydrogen) atoms. The summed E-state index contributed by atoms with van der Waals surface area (Å²) in [4.78, 5) is 24.3. The molecule has 0 radical (unpaired) electrons. The Hall–Kier alpha value is -2.62. The Morgan fingerprint density at radius 2 is 1.59 bits per heavy atom. The van der Waals surface area contributed by atoms with E-state index in [1.165, 1.54) is 32.0 Å². The van der Waals surface area contributed by atoms with Gasteiger partial charge >= 0.3 is 21.6 Å². The van der Waals surface area contributed by atoms with Crippen molar-refractivity contribution < 1.29 is 40.1 Å². The third-order valence-corrected chi connectivity index (χ3v) is 4.86. The van der Waals surface area contributed by atoms with Crippen LogP contribution in [-0.2, 0) is 19.6 Å². The number of benzene rings is 2. The number of esters is 1. The van der Waals surface area contributed by atoms with Gasteiger partial charge in [-0.1, -0.05) is 24.3 Å². The van der Waals surface area contributed by atoms with Crippen molar-refractivity contribution in [2.45, 2.75) is 26.3 Å². The van der Waals surface area contributed by atoms with E-state index in [1.807, 2.05) is 0 Å². The molecule has 0 aromatic heterocycles. The highest BCUT2D eigenvalue weighted by molar-refractivity contribution is 7.88. The predicted octanol–water partition coefficient (Wildman–Crippen LogP) is 3.43. The number of fused-ring (bicyclic) bond motifs is 1. The van der Waals surface area contributed by atoms with Gasteiger partial charge in [0.1, 0.15) is 0 Å². The lowest BCUT2D eigenvalue weighted by atomic mass is 9.92. The largest absolute Gasteiger partial charge is 0.534 e. The summed E-state index contributed by atoms with van der Waals surface area (Å²) >= 11 is 0. The minimum atomic E-state index is -6.07. The van der Waals surface area contributed by atoms with Gasteiger partial charge in [-0.3, -0.25) is 4.79 Å². The monoisotopic (exact) mass is 404 g/mol. The molecule has 0 aliphatic carbocycles. The van der Waals surface area contributed by atoms with E-state index in [9.17, 15) is 31.2 Å². The van der Waals surface area contributed by atoms with Crippen LogP contribution in [0, 0.1) is 13.8 Å². The Bertz CT molecular complexity index is 1030. The van der Waals surface area contributed by atoms with Crippen LogP contribution < -0.4 is 4.18 Å². The normalized spacial score (nSPS) is 12.1. The van der Waals surface area contributed by atoms with Crippen LogP contribution in [-0.4, -0.2) is 32.3 Å². The summed E-state index contributed by atoms with van der Waals surface area (Å²) in [6.45, 7) is 4.26. The zero-order valence-electron chi connectivity index (χ0n) is 14.5. The number of hydrogen-bond donors (Lipinski definition) is 0. The van der Waals surface area contributed by atoms with E-state index in [4.69, 9.17) is 0 Å². The van der Waals surface area contributed by atoms with E-state index in [0.717, 1.165) is 0 Å². The summed E-state index contributed by atoms with van der Waals surface area (Å²) in [5.74, 6) is -3.48. The van der Waals surface area contributed by atoms with Gasteiger partial charge in [0, 0.05) is 5.39 Å². The predicted molar refractivity (Wildman–Crippen MR) is 90.0 cm³/mol. The van der Waals surface area contributed by atoms with Crippen LogP contribution in [0.1, 0.15) is 28.4 Å². The van der Waals surface area contributed by atoms with Crippen LogP contribution in [0.5, 0.6) is 5.75 Å². The number of carbonyl (C=O) groups is 2. The number of aryl methyl sites for hydroxylation is 1. The number of halogens is 3. The molecule has 2 aromatic rings.